The van der Waals surface area contributed by atoms with Gasteiger partial charge in [0, 0.05) is 23.4 Å². The molecule has 0 aliphatic carbocycles. The largest absolute Gasteiger partial charge is 0.387 e. The Bertz CT molecular complexity index is 584. The van der Waals surface area contributed by atoms with Crippen molar-refractivity contribution >= 4 is 0 Å². The van der Waals surface area contributed by atoms with Crippen LogP contribution in [0.15, 0.2) is 18.2 Å². The van der Waals surface area contributed by atoms with Crippen molar-refractivity contribution in [3.05, 3.63) is 57.9 Å². The van der Waals surface area contributed by atoms with Crippen molar-refractivity contribution in [2.45, 2.75) is 33.3 Å². The van der Waals surface area contributed by atoms with E-state index in [0.29, 0.717) is 5.69 Å². The summed E-state index contributed by atoms with van der Waals surface area (Å²) in [5, 5.41) is 10.2. The van der Waals surface area contributed by atoms with Crippen molar-refractivity contribution in [2.75, 3.05) is 0 Å². The fraction of sp³-hybridized carbons (Fsp3) is 0.333. The Morgan fingerprint density at radius 1 is 1.11 bits per heavy atom. The van der Waals surface area contributed by atoms with Gasteiger partial charge in [0.15, 0.2) is 0 Å². The highest BCUT2D eigenvalue weighted by Crippen LogP contribution is 2.26. The summed E-state index contributed by atoms with van der Waals surface area (Å²) in [6.45, 7) is 5.73. The maximum Gasteiger partial charge on any atom is 0.129 e. The van der Waals surface area contributed by atoms with E-state index in [1.54, 1.807) is 0 Å². The second-order valence-corrected chi connectivity index (χ2v) is 4.83. The van der Waals surface area contributed by atoms with E-state index in [-0.39, 0.29) is 12.0 Å². The first kappa shape index (κ1) is 13.7. The Kier molecular flexibility index (Phi) is 3.71. The molecule has 19 heavy (non-hydrogen) atoms. The highest BCUT2D eigenvalue weighted by Gasteiger charge is 2.19. The molecular formula is C15H17F2NO. The Morgan fingerprint density at radius 3 is 2.16 bits per heavy atom. The number of hydrogen-bond donors (Lipinski definition) is 2. The summed E-state index contributed by atoms with van der Waals surface area (Å²) in [6, 6.07) is 3.71. The smallest absolute Gasteiger partial charge is 0.129 e. The summed E-state index contributed by atoms with van der Waals surface area (Å²) in [4.78, 5) is 3.08. The third-order valence-corrected chi connectivity index (χ3v) is 3.64. The van der Waals surface area contributed by atoms with Crippen molar-refractivity contribution < 1.29 is 13.9 Å². The van der Waals surface area contributed by atoms with E-state index in [9.17, 15) is 13.9 Å². The van der Waals surface area contributed by atoms with Crippen molar-refractivity contribution in [3.8, 4) is 0 Å². The lowest BCUT2D eigenvalue weighted by Crippen LogP contribution is -2.07. The molecule has 0 fully saturated rings. The van der Waals surface area contributed by atoms with Crippen LogP contribution < -0.4 is 0 Å². The summed E-state index contributed by atoms with van der Waals surface area (Å²) in [5.74, 6) is -1.26. The number of halogens is 2. The van der Waals surface area contributed by atoms with Crippen LogP contribution in [-0.4, -0.2) is 10.1 Å². The second kappa shape index (κ2) is 5.13. The zero-order valence-electron chi connectivity index (χ0n) is 11.2. The van der Waals surface area contributed by atoms with E-state index in [1.807, 2.05) is 20.8 Å². The van der Waals surface area contributed by atoms with E-state index in [4.69, 9.17) is 0 Å². The normalized spacial score (nSPS) is 12.7. The van der Waals surface area contributed by atoms with Crippen LogP contribution in [0.25, 0.3) is 0 Å². The number of aromatic nitrogens is 1. The van der Waals surface area contributed by atoms with Crippen LogP contribution in [0, 0.1) is 32.4 Å². The predicted molar refractivity (Wildman–Crippen MR) is 70.0 cm³/mol. The number of hydrogen-bond acceptors (Lipinski definition) is 1. The molecule has 1 atom stereocenters. The Balaban J connectivity index is 2.31. The van der Waals surface area contributed by atoms with Crippen molar-refractivity contribution in [2.24, 2.45) is 0 Å². The zero-order valence-corrected chi connectivity index (χ0v) is 11.2. The van der Waals surface area contributed by atoms with Crippen LogP contribution >= 0.6 is 0 Å². The van der Waals surface area contributed by atoms with Gasteiger partial charge in [-0.15, -0.1) is 0 Å². The molecule has 1 aromatic carbocycles. The van der Waals surface area contributed by atoms with Crippen LogP contribution in [0.4, 0.5) is 8.78 Å². The number of aryl methyl sites for hydroxylation is 1. The van der Waals surface area contributed by atoms with E-state index in [1.165, 1.54) is 18.2 Å². The summed E-state index contributed by atoms with van der Waals surface area (Å²) >= 11 is 0. The maximum absolute atomic E-state index is 13.6. The van der Waals surface area contributed by atoms with Gasteiger partial charge in [-0.3, -0.25) is 0 Å². The van der Waals surface area contributed by atoms with Crippen LogP contribution in [0.3, 0.4) is 0 Å². The minimum absolute atomic E-state index is 0.0840. The molecule has 0 aliphatic heterocycles. The van der Waals surface area contributed by atoms with Gasteiger partial charge in [0.05, 0.1) is 6.10 Å². The number of rotatable bonds is 3. The van der Waals surface area contributed by atoms with E-state index < -0.39 is 17.7 Å². The van der Waals surface area contributed by atoms with Gasteiger partial charge in [0.2, 0.25) is 0 Å². The van der Waals surface area contributed by atoms with Gasteiger partial charge in [-0.05, 0) is 44.0 Å². The third-order valence-electron chi connectivity index (χ3n) is 3.64. The Labute approximate surface area is 111 Å². The van der Waals surface area contributed by atoms with Gasteiger partial charge < -0.3 is 10.1 Å². The lowest BCUT2D eigenvalue weighted by atomic mass is 10.0. The van der Waals surface area contributed by atoms with Crippen LogP contribution in [0.5, 0.6) is 0 Å². The first-order valence-corrected chi connectivity index (χ1v) is 6.18. The van der Waals surface area contributed by atoms with Gasteiger partial charge in [-0.2, -0.15) is 0 Å². The molecule has 2 aromatic rings. The predicted octanol–water partition coefficient (Wildman–Crippen LogP) is 3.49. The SMILES string of the molecule is Cc1[nH]c(C(O)Cc2c(F)cccc2F)c(C)c1C. The fourth-order valence-corrected chi connectivity index (χ4v) is 2.23. The maximum atomic E-state index is 13.6. The highest BCUT2D eigenvalue weighted by atomic mass is 19.1. The topological polar surface area (TPSA) is 36.0 Å². The molecule has 0 saturated carbocycles. The first-order chi connectivity index (χ1) is 8.91. The fourth-order valence-electron chi connectivity index (χ4n) is 2.23. The van der Waals surface area contributed by atoms with E-state index in [2.05, 4.69) is 4.98 Å². The summed E-state index contributed by atoms with van der Waals surface area (Å²) in [5.41, 5.74) is 3.49. The highest BCUT2D eigenvalue weighted by molar-refractivity contribution is 5.36. The zero-order chi connectivity index (χ0) is 14.2. The van der Waals surface area contributed by atoms with E-state index in [0.717, 1.165) is 16.8 Å². The van der Waals surface area contributed by atoms with Gasteiger partial charge >= 0.3 is 0 Å². The van der Waals surface area contributed by atoms with Crippen LogP contribution in [0.2, 0.25) is 0 Å². The molecule has 1 heterocycles. The van der Waals surface area contributed by atoms with Crippen LogP contribution in [0.1, 0.15) is 34.2 Å². The molecule has 2 rings (SSSR count). The molecule has 2 N–H and O–H groups in total. The molecule has 0 aliphatic rings. The quantitative estimate of drug-likeness (QED) is 0.875. The average Bonchev–Trinajstić information content (AvgIpc) is 2.62. The molecule has 102 valence electrons. The number of aromatic amines is 1. The Morgan fingerprint density at radius 2 is 1.68 bits per heavy atom. The molecule has 0 amide bonds. The minimum atomic E-state index is -0.946. The molecule has 0 saturated heterocycles. The molecule has 1 aromatic heterocycles. The van der Waals surface area contributed by atoms with E-state index >= 15 is 0 Å². The summed E-state index contributed by atoms with van der Waals surface area (Å²) in [6.07, 6.45) is -1.03. The molecule has 0 radical (unpaired) electrons. The van der Waals surface area contributed by atoms with Gasteiger partial charge in [-0.25, -0.2) is 8.78 Å². The lowest BCUT2D eigenvalue weighted by Gasteiger charge is -2.12. The van der Waals surface area contributed by atoms with Crippen molar-refractivity contribution in [3.63, 3.8) is 0 Å². The van der Waals surface area contributed by atoms with Gasteiger partial charge in [0.1, 0.15) is 11.6 Å². The molecule has 2 nitrogen and oxygen atoms in total. The monoisotopic (exact) mass is 265 g/mol. The third kappa shape index (κ3) is 2.54. The second-order valence-electron chi connectivity index (χ2n) is 4.83. The van der Waals surface area contributed by atoms with Gasteiger partial charge in [0.25, 0.3) is 0 Å². The number of H-pyrrole nitrogens is 1. The van der Waals surface area contributed by atoms with Crippen molar-refractivity contribution in [1.82, 2.24) is 4.98 Å². The molecule has 0 spiro atoms. The minimum Gasteiger partial charge on any atom is -0.387 e. The molecule has 0 bridgehead atoms. The number of aliphatic hydroxyl groups is 1. The number of nitrogens with one attached hydrogen (secondary N) is 1. The van der Waals surface area contributed by atoms with Crippen LogP contribution in [-0.2, 0) is 6.42 Å². The average molecular weight is 265 g/mol. The van der Waals surface area contributed by atoms with Crippen molar-refractivity contribution in [1.29, 1.82) is 0 Å². The first-order valence-electron chi connectivity index (χ1n) is 6.18. The number of benzene rings is 1. The standard InChI is InChI=1S/C15H17F2NO/c1-8-9(2)15(18-10(8)3)14(19)7-11-12(16)5-4-6-13(11)17/h4-6,14,18-19H,7H2,1-3H3. The molecular weight excluding hydrogens is 248 g/mol. The van der Waals surface area contributed by atoms with Gasteiger partial charge in [-0.1, -0.05) is 6.07 Å². The molecule has 1 unspecified atom stereocenters. The summed E-state index contributed by atoms with van der Waals surface area (Å²) < 4.78 is 27.1. The Hall–Kier alpha value is -1.68. The molecule has 4 heteroatoms. The summed E-state index contributed by atoms with van der Waals surface area (Å²) in [7, 11) is 0. The number of aliphatic hydroxyl groups excluding tert-OH is 1. The lowest BCUT2D eigenvalue weighted by molar-refractivity contribution is 0.170.